The second-order valence-corrected chi connectivity index (χ2v) is 8.17. The molecule has 0 saturated carbocycles. The molecule has 3 N–H and O–H groups in total. The van der Waals surface area contributed by atoms with Crippen molar-refractivity contribution in [3.63, 3.8) is 0 Å². The maximum absolute atomic E-state index is 12.6. The molecule has 0 aliphatic carbocycles. The topological polar surface area (TPSA) is 86.5 Å². The molecule has 5 rings (SSSR count). The van der Waals surface area contributed by atoms with E-state index in [1.807, 2.05) is 35.7 Å². The fourth-order valence-electron chi connectivity index (χ4n) is 3.07. The van der Waals surface area contributed by atoms with E-state index in [9.17, 15) is 4.79 Å². The average molecular weight is 397 g/mol. The minimum Gasteiger partial charge on any atom is -0.486 e. The first-order chi connectivity index (χ1) is 13.2. The number of nitrogen functional groups attached to an aromatic ring is 1. The highest BCUT2D eigenvalue weighted by Crippen LogP contribution is 2.38. The number of anilines is 1. The Labute approximate surface area is 162 Å². The summed E-state index contributed by atoms with van der Waals surface area (Å²) in [6.07, 6.45) is 0. The number of amides is 1. The summed E-state index contributed by atoms with van der Waals surface area (Å²) in [5.74, 6) is 1.22. The van der Waals surface area contributed by atoms with Crippen LogP contribution in [-0.2, 0) is 6.54 Å². The van der Waals surface area contributed by atoms with Crippen LogP contribution in [0.3, 0.4) is 0 Å². The Kier molecular flexibility index (Phi) is 3.87. The van der Waals surface area contributed by atoms with Crippen LogP contribution >= 0.6 is 22.7 Å². The predicted molar refractivity (Wildman–Crippen MR) is 108 cm³/mol. The van der Waals surface area contributed by atoms with Crippen molar-refractivity contribution in [1.29, 1.82) is 0 Å². The van der Waals surface area contributed by atoms with E-state index in [1.165, 1.54) is 11.3 Å². The van der Waals surface area contributed by atoms with Crippen LogP contribution in [-0.4, -0.2) is 24.1 Å². The number of carbonyl (C=O) groups excluding carboxylic acids is 1. The molecule has 1 aliphatic rings. The van der Waals surface area contributed by atoms with Crippen molar-refractivity contribution in [2.45, 2.75) is 6.54 Å². The Morgan fingerprint density at radius 2 is 2.04 bits per heavy atom. The van der Waals surface area contributed by atoms with Gasteiger partial charge in [0.25, 0.3) is 5.91 Å². The van der Waals surface area contributed by atoms with Crippen molar-refractivity contribution in [3.05, 3.63) is 45.5 Å². The normalized spacial score (nSPS) is 13.2. The van der Waals surface area contributed by atoms with E-state index in [0.717, 1.165) is 26.0 Å². The molecule has 4 heterocycles. The number of ether oxygens (including phenoxy) is 2. The smallest absolute Gasteiger partial charge is 0.263 e. The highest BCUT2D eigenvalue weighted by atomic mass is 32.1. The lowest BCUT2D eigenvalue weighted by molar-refractivity contribution is 0.0956. The number of hydrogen-bond donors (Lipinski definition) is 2. The number of thiophene rings is 2. The van der Waals surface area contributed by atoms with Crippen molar-refractivity contribution in [2.24, 2.45) is 0 Å². The van der Waals surface area contributed by atoms with E-state index in [2.05, 4.69) is 10.3 Å². The van der Waals surface area contributed by atoms with Crippen molar-refractivity contribution >= 4 is 55.4 Å². The highest BCUT2D eigenvalue weighted by molar-refractivity contribution is 7.21. The third kappa shape index (κ3) is 2.87. The summed E-state index contributed by atoms with van der Waals surface area (Å²) in [5, 5.41) is 6.59. The van der Waals surface area contributed by atoms with E-state index in [0.29, 0.717) is 41.8 Å². The van der Waals surface area contributed by atoms with Gasteiger partial charge in [0, 0.05) is 21.7 Å². The molecule has 6 nitrogen and oxygen atoms in total. The molecule has 0 spiro atoms. The SMILES string of the molecule is Nc1c(C(=O)NCc2cccs2)sc2nc3cc4c(cc3cc12)OCCO4. The van der Waals surface area contributed by atoms with Crippen molar-refractivity contribution < 1.29 is 14.3 Å². The van der Waals surface area contributed by atoms with Gasteiger partial charge in [-0.2, -0.15) is 0 Å². The molecule has 0 radical (unpaired) electrons. The van der Waals surface area contributed by atoms with Gasteiger partial charge < -0.3 is 20.5 Å². The molecule has 136 valence electrons. The minimum atomic E-state index is -0.182. The monoisotopic (exact) mass is 397 g/mol. The van der Waals surface area contributed by atoms with Crippen LogP contribution in [0.5, 0.6) is 11.5 Å². The summed E-state index contributed by atoms with van der Waals surface area (Å²) in [4.78, 5) is 19.6. The van der Waals surface area contributed by atoms with Crippen LogP contribution in [0.25, 0.3) is 21.1 Å². The zero-order valence-corrected chi connectivity index (χ0v) is 15.8. The number of fused-ring (bicyclic) bond motifs is 3. The molecule has 0 unspecified atom stereocenters. The molecule has 3 aromatic heterocycles. The first-order valence-corrected chi connectivity index (χ1v) is 10.1. The molecular formula is C19H15N3O3S2. The van der Waals surface area contributed by atoms with Gasteiger partial charge in [-0.3, -0.25) is 4.79 Å². The maximum Gasteiger partial charge on any atom is 0.263 e. The number of rotatable bonds is 3. The lowest BCUT2D eigenvalue weighted by atomic mass is 10.1. The highest BCUT2D eigenvalue weighted by Gasteiger charge is 2.19. The second-order valence-electron chi connectivity index (χ2n) is 6.14. The van der Waals surface area contributed by atoms with Crippen LogP contribution in [0.1, 0.15) is 14.5 Å². The number of hydrogen-bond acceptors (Lipinski definition) is 7. The van der Waals surface area contributed by atoms with Gasteiger partial charge in [0.1, 0.15) is 22.9 Å². The number of carbonyl (C=O) groups is 1. The van der Waals surface area contributed by atoms with E-state index < -0.39 is 0 Å². The largest absolute Gasteiger partial charge is 0.486 e. The molecule has 0 atom stereocenters. The number of pyridine rings is 1. The van der Waals surface area contributed by atoms with Crippen LogP contribution < -0.4 is 20.5 Å². The standard InChI is InChI=1S/C19H15N3O3S2/c20-16-12-6-10-7-14-15(25-4-3-24-14)8-13(10)22-19(12)27-17(16)18(23)21-9-11-2-1-5-26-11/h1-2,5-8H,3-4,9,20H2,(H,21,23). The maximum atomic E-state index is 12.6. The van der Waals surface area contributed by atoms with E-state index in [4.69, 9.17) is 15.2 Å². The molecule has 1 amide bonds. The van der Waals surface area contributed by atoms with Gasteiger partial charge in [-0.25, -0.2) is 4.98 Å². The van der Waals surface area contributed by atoms with Crippen molar-refractivity contribution in [3.8, 4) is 11.5 Å². The van der Waals surface area contributed by atoms with Gasteiger partial charge in [0.2, 0.25) is 0 Å². The molecule has 0 fully saturated rings. The van der Waals surface area contributed by atoms with Gasteiger partial charge in [-0.1, -0.05) is 6.07 Å². The average Bonchev–Trinajstić information content (AvgIpc) is 3.31. The van der Waals surface area contributed by atoms with Gasteiger partial charge in [-0.05, 0) is 23.6 Å². The number of nitrogens with zero attached hydrogens (tertiary/aromatic N) is 1. The Morgan fingerprint density at radius 1 is 1.22 bits per heavy atom. The summed E-state index contributed by atoms with van der Waals surface area (Å²) >= 11 is 2.91. The quantitative estimate of drug-likeness (QED) is 0.549. The Morgan fingerprint density at radius 3 is 2.81 bits per heavy atom. The molecule has 1 aliphatic heterocycles. The molecule has 4 aromatic rings. The lowest BCUT2D eigenvalue weighted by Gasteiger charge is -2.18. The Bertz CT molecular complexity index is 1170. The fraction of sp³-hybridized carbons (Fsp3) is 0.158. The third-order valence-electron chi connectivity index (χ3n) is 4.39. The van der Waals surface area contributed by atoms with Gasteiger partial charge in [0.05, 0.1) is 17.7 Å². The predicted octanol–water partition coefficient (Wildman–Crippen LogP) is 3.79. The molecular weight excluding hydrogens is 382 g/mol. The first kappa shape index (κ1) is 16.3. The van der Waals surface area contributed by atoms with Crippen molar-refractivity contribution in [1.82, 2.24) is 10.3 Å². The van der Waals surface area contributed by atoms with Crippen LogP contribution in [0.15, 0.2) is 35.7 Å². The van der Waals surface area contributed by atoms with Crippen LogP contribution in [0, 0.1) is 0 Å². The molecule has 27 heavy (non-hydrogen) atoms. The van der Waals surface area contributed by atoms with Crippen LogP contribution in [0.2, 0.25) is 0 Å². The lowest BCUT2D eigenvalue weighted by Crippen LogP contribution is -2.22. The summed E-state index contributed by atoms with van der Waals surface area (Å²) < 4.78 is 11.3. The zero-order chi connectivity index (χ0) is 18.4. The van der Waals surface area contributed by atoms with E-state index in [1.54, 1.807) is 11.3 Å². The van der Waals surface area contributed by atoms with Crippen LogP contribution in [0.4, 0.5) is 5.69 Å². The van der Waals surface area contributed by atoms with Crippen molar-refractivity contribution in [2.75, 3.05) is 18.9 Å². The summed E-state index contributed by atoms with van der Waals surface area (Å²) in [6, 6.07) is 9.68. The molecule has 0 saturated heterocycles. The fourth-order valence-corrected chi connectivity index (χ4v) is 4.71. The molecule has 8 heteroatoms. The Hall–Kier alpha value is -2.84. The van der Waals surface area contributed by atoms with E-state index >= 15 is 0 Å². The number of benzene rings is 1. The zero-order valence-electron chi connectivity index (χ0n) is 14.2. The number of nitrogens with one attached hydrogen (secondary N) is 1. The van der Waals surface area contributed by atoms with Gasteiger partial charge >= 0.3 is 0 Å². The Balaban J connectivity index is 1.53. The van der Waals surface area contributed by atoms with Gasteiger partial charge in [0.15, 0.2) is 11.5 Å². The number of aromatic nitrogens is 1. The number of nitrogens with two attached hydrogens (primary N) is 1. The molecule has 1 aromatic carbocycles. The third-order valence-corrected chi connectivity index (χ3v) is 6.38. The summed E-state index contributed by atoms with van der Waals surface area (Å²) in [5.41, 5.74) is 7.53. The van der Waals surface area contributed by atoms with E-state index in [-0.39, 0.29) is 5.91 Å². The summed E-state index contributed by atoms with van der Waals surface area (Å²) in [7, 11) is 0. The van der Waals surface area contributed by atoms with Gasteiger partial charge in [-0.15, -0.1) is 22.7 Å². The first-order valence-electron chi connectivity index (χ1n) is 8.42. The molecule has 0 bridgehead atoms. The second kappa shape index (κ2) is 6.40. The minimum absolute atomic E-state index is 0.182. The summed E-state index contributed by atoms with van der Waals surface area (Å²) in [6.45, 7) is 1.55.